The zero-order chi connectivity index (χ0) is 15.6. The molecule has 1 N–H and O–H groups in total. The number of nitrogens with zero attached hydrogens (tertiary/aromatic N) is 2. The van der Waals surface area contributed by atoms with Crippen LogP contribution in [0.5, 0.6) is 0 Å². The lowest BCUT2D eigenvalue weighted by atomic mass is 9.97. The number of hydrogen-bond donors (Lipinski definition) is 1. The summed E-state index contributed by atoms with van der Waals surface area (Å²) in [5.74, 6) is 0.347. The van der Waals surface area contributed by atoms with Crippen molar-refractivity contribution in [2.75, 3.05) is 31.5 Å². The van der Waals surface area contributed by atoms with Crippen LogP contribution in [0.1, 0.15) is 12.8 Å². The number of fused-ring (bicyclic) bond motifs is 1. The molecule has 0 bridgehead atoms. The summed E-state index contributed by atoms with van der Waals surface area (Å²) in [4.78, 5) is 5.79. The third kappa shape index (κ3) is 3.91. The smallest absolute Gasteiger partial charge is 0.401 e. The number of nitrogens with one attached hydrogen (secondary N) is 1. The van der Waals surface area contributed by atoms with E-state index in [2.05, 4.69) is 10.3 Å². The standard InChI is InChI=1S/C15H18F3N3O/c16-15(17,18)10-21-7-5-11(6-8-21)9-19-14-20-12-3-1-2-4-13(12)22-14/h1-4,11H,5-10H2,(H,19,20). The highest BCUT2D eigenvalue weighted by Gasteiger charge is 2.32. The van der Waals surface area contributed by atoms with Crippen molar-refractivity contribution in [3.05, 3.63) is 24.3 Å². The third-order valence-corrected chi connectivity index (χ3v) is 3.95. The van der Waals surface area contributed by atoms with Crippen LogP contribution in [0, 0.1) is 5.92 Å². The average Bonchev–Trinajstić information content (AvgIpc) is 2.88. The van der Waals surface area contributed by atoms with E-state index in [1.165, 1.54) is 4.90 Å². The Hall–Kier alpha value is -1.76. The van der Waals surface area contributed by atoms with Gasteiger partial charge in [-0.05, 0) is 44.0 Å². The van der Waals surface area contributed by atoms with Gasteiger partial charge in [0, 0.05) is 6.54 Å². The molecule has 1 saturated heterocycles. The molecule has 0 radical (unpaired) electrons. The number of hydrogen-bond acceptors (Lipinski definition) is 4. The van der Waals surface area contributed by atoms with Gasteiger partial charge >= 0.3 is 6.18 Å². The van der Waals surface area contributed by atoms with E-state index < -0.39 is 12.7 Å². The first-order chi connectivity index (χ1) is 10.5. The van der Waals surface area contributed by atoms with E-state index >= 15 is 0 Å². The number of anilines is 1. The van der Waals surface area contributed by atoms with E-state index in [1.54, 1.807) is 0 Å². The molecule has 2 heterocycles. The van der Waals surface area contributed by atoms with E-state index in [0.29, 0.717) is 31.6 Å². The van der Waals surface area contributed by atoms with Gasteiger partial charge in [-0.3, -0.25) is 4.90 Å². The second-order valence-corrected chi connectivity index (χ2v) is 5.70. The Labute approximate surface area is 126 Å². The first-order valence-corrected chi connectivity index (χ1v) is 7.38. The Kier molecular flexibility index (Phi) is 4.24. The first kappa shape index (κ1) is 15.1. The normalized spacial score (nSPS) is 18.0. The molecule has 2 aromatic rings. The Morgan fingerprint density at radius 1 is 1.23 bits per heavy atom. The Bertz CT molecular complexity index is 585. The van der Waals surface area contributed by atoms with Crippen LogP contribution < -0.4 is 5.32 Å². The number of piperidine rings is 1. The van der Waals surface area contributed by atoms with Crippen LogP contribution in [0.25, 0.3) is 11.1 Å². The predicted molar refractivity (Wildman–Crippen MR) is 77.7 cm³/mol. The fourth-order valence-corrected chi connectivity index (χ4v) is 2.78. The molecule has 7 heteroatoms. The maximum atomic E-state index is 12.3. The average molecular weight is 313 g/mol. The van der Waals surface area contributed by atoms with E-state index in [-0.39, 0.29) is 0 Å². The molecule has 1 fully saturated rings. The monoisotopic (exact) mass is 313 g/mol. The van der Waals surface area contributed by atoms with Gasteiger partial charge in [0.15, 0.2) is 5.58 Å². The second kappa shape index (κ2) is 6.16. The molecule has 1 aromatic heterocycles. The topological polar surface area (TPSA) is 41.3 Å². The highest BCUT2D eigenvalue weighted by Crippen LogP contribution is 2.23. The molecule has 0 atom stereocenters. The summed E-state index contributed by atoms with van der Waals surface area (Å²) in [7, 11) is 0. The summed E-state index contributed by atoms with van der Waals surface area (Å²) in [5.41, 5.74) is 1.52. The molecule has 0 spiro atoms. The Balaban J connectivity index is 1.47. The predicted octanol–water partition coefficient (Wildman–Crippen LogP) is 3.51. The van der Waals surface area contributed by atoms with Crippen molar-refractivity contribution in [1.29, 1.82) is 0 Å². The fourth-order valence-electron chi connectivity index (χ4n) is 2.78. The Morgan fingerprint density at radius 3 is 2.64 bits per heavy atom. The summed E-state index contributed by atoms with van der Waals surface area (Å²) in [6.45, 7) is 0.837. The van der Waals surface area contributed by atoms with E-state index in [9.17, 15) is 13.2 Å². The molecular formula is C15H18F3N3O. The number of rotatable bonds is 4. The lowest BCUT2D eigenvalue weighted by Crippen LogP contribution is -2.41. The summed E-state index contributed by atoms with van der Waals surface area (Å²) in [6.07, 6.45) is -2.60. The maximum Gasteiger partial charge on any atom is 0.401 e. The number of likely N-dealkylation sites (tertiary alicyclic amines) is 1. The van der Waals surface area contributed by atoms with Crippen LogP contribution >= 0.6 is 0 Å². The molecule has 120 valence electrons. The van der Waals surface area contributed by atoms with Crippen molar-refractivity contribution in [3.8, 4) is 0 Å². The first-order valence-electron chi connectivity index (χ1n) is 7.38. The van der Waals surface area contributed by atoms with Crippen LogP contribution in [0.3, 0.4) is 0 Å². The van der Waals surface area contributed by atoms with Crippen molar-refractivity contribution in [1.82, 2.24) is 9.88 Å². The number of alkyl halides is 3. The van der Waals surface area contributed by atoms with Gasteiger partial charge in [-0.15, -0.1) is 0 Å². The fraction of sp³-hybridized carbons (Fsp3) is 0.533. The molecule has 0 unspecified atom stereocenters. The van der Waals surface area contributed by atoms with Crippen LogP contribution in [0.2, 0.25) is 0 Å². The van der Waals surface area contributed by atoms with Gasteiger partial charge in [0.05, 0.1) is 6.54 Å². The number of benzene rings is 1. The molecule has 4 nitrogen and oxygen atoms in total. The summed E-state index contributed by atoms with van der Waals surface area (Å²) < 4.78 is 42.6. The zero-order valence-corrected chi connectivity index (χ0v) is 12.1. The minimum Gasteiger partial charge on any atom is -0.424 e. The molecule has 3 rings (SSSR count). The van der Waals surface area contributed by atoms with Crippen LogP contribution in [0.15, 0.2) is 28.7 Å². The van der Waals surface area contributed by atoms with E-state index in [1.807, 2.05) is 24.3 Å². The molecule has 1 aliphatic rings. The van der Waals surface area contributed by atoms with Crippen LogP contribution in [-0.4, -0.2) is 42.2 Å². The van der Waals surface area contributed by atoms with Crippen molar-refractivity contribution in [2.24, 2.45) is 5.92 Å². The highest BCUT2D eigenvalue weighted by atomic mass is 19.4. The molecule has 22 heavy (non-hydrogen) atoms. The van der Waals surface area contributed by atoms with Gasteiger partial charge in [-0.1, -0.05) is 12.1 Å². The second-order valence-electron chi connectivity index (χ2n) is 5.70. The SMILES string of the molecule is FC(F)(F)CN1CCC(CNc2nc3ccccc3o2)CC1. The van der Waals surface area contributed by atoms with E-state index in [4.69, 9.17) is 4.42 Å². The minimum atomic E-state index is -4.11. The number of halogens is 3. The Morgan fingerprint density at radius 2 is 1.95 bits per heavy atom. The molecule has 0 amide bonds. The molecule has 1 aliphatic heterocycles. The van der Waals surface area contributed by atoms with Gasteiger partial charge in [-0.25, -0.2) is 0 Å². The van der Waals surface area contributed by atoms with Gasteiger partial charge in [-0.2, -0.15) is 18.2 Å². The highest BCUT2D eigenvalue weighted by molar-refractivity contribution is 5.74. The largest absolute Gasteiger partial charge is 0.424 e. The lowest BCUT2D eigenvalue weighted by molar-refractivity contribution is -0.148. The van der Waals surface area contributed by atoms with E-state index in [0.717, 1.165) is 23.9 Å². The van der Waals surface area contributed by atoms with Crippen molar-refractivity contribution in [2.45, 2.75) is 19.0 Å². The van der Waals surface area contributed by atoms with Crippen LogP contribution in [0.4, 0.5) is 19.2 Å². The number of oxazole rings is 1. The number of para-hydroxylation sites is 2. The summed E-state index contributed by atoms with van der Waals surface area (Å²) >= 11 is 0. The number of aromatic nitrogens is 1. The maximum absolute atomic E-state index is 12.3. The van der Waals surface area contributed by atoms with Crippen molar-refractivity contribution in [3.63, 3.8) is 0 Å². The van der Waals surface area contributed by atoms with Crippen molar-refractivity contribution < 1.29 is 17.6 Å². The minimum absolute atomic E-state index is 0.347. The lowest BCUT2D eigenvalue weighted by Gasteiger charge is -2.32. The van der Waals surface area contributed by atoms with Gasteiger partial charge in [0.25, 0.3) is 6.01 Å². The molecule has 0 aliphatic carbocycles. The molecule has 1 aromatic carbocycles. The summed E-state index contributed by atoms with van der Waals surface area (Å²) in [6, 6.07) is 7.97. The quantitative estimate of drug-likeness (QED) is 0.938. The van der Waals surface area contributed by atoms with Gasteiger partial charge < -0.3 is 9.73 Å². The summed E-state index contributed by atoms with van der Waals surface area (Å²) in [5, 5.41) is 3.15. The molecular weight excluding hydrogens is 295 g/mol. The zero-order valence-electron chi connectivity index (χ0n) is 12.1. The van der Waals surface area contributed by atoms with Gasteiger partial charge in [0.1, 0.15) is 5.52 Å². The molecule has 0 saturated carbocycles. The van der Waals surface area contributed by atoms with Gasteiger partial charge in [0.2, 0.25) is 0 Å². The van der Waals surface area contributed by atoms with Crippen LogP contribution in [-0.2, 0) is 0 Å². The van der Waals surface area contributed by atoms with Crippen molar-refractivity contribution >= 4 is 17.1 Å². The third-order valence-electron chi connectivity index (χ3n) is 3.95.